The maximum Gasteiger partial charge on any atom is 0.163 e. The van der Waals surface area contributed by atoms with Gasteiger partial charge in [0.15, 0.2) is 11.4 Å². The van der Waals surface area contributed by atoms with Crippen LogP contribution in [-0.4, -0.2) is 11.4 Å². The highest BCUT2D eigenvalue weighted by Gasteiger charge is 2.17. The van der Waals surface area contributed by atoms with Crippen LogP contribution in [0.2, 0.25) is 5.02 Å². The highest BCUT2D eigenvalue weighted by Crippen LogP contribution is 2.28. The standard InChI is InChI=1S/C13H13ClO2/c1-5-13(3,4)16-12-7-6-10(9(2)15)8-11(12)14/h1,6-8H,2-4H3. The molecule has 0 aliphatic rings. The largest absolute Gasteiger partial charge is 0.474 e. The van der Waals surface area contributed by atoms with Crippen LogP contribution in [0.25, 0.3) is 0 Å². The summed E-state index contributed by atoms with van der Waals surface area (Å²) in [6, 6.07) is 4.89. The summed E-state index contributed by atoms with van der Waals surface area (Å²) in [5, 5.41) is 0.385. The number of benzene rings is 1. The van der Waals surface area contributed by atoms with E-state index in [2.05, 4.69) is 5.92 Å². The predicted molar refractivity (Wildman–Crippen MR) is 65.0 cm³/mol. The fourth-order valence-corrected chi connectivity index (χ4v) is 1.33. The molecule has 0 fully saturated rings. The minimum absolute atomic E-state index is 0.0374. The molecule has 0 spiro atoms. The van der Waals surface area contributed by atoms with Gasteiger partial charge < -0.3 is 4.74 Å². The number of carbonyl (C=O) groups excluding carboxylic acids is 1. The van der Waals surface area contributed by atoms with Crippen molar-refractivity contribution in [3.63, 3.8) is 0 Å². The average molecular weight is 237 g/mol. The number of ketones is 1. The molecule has 3 heteroatoms. The van der Waals surface area contributed by atoms with E-state index in [4.69, 9.17) is 22.8 Å². The number of rotatable bonds is 3. The Morgan fingerprint density at radius 1 is 1.50 bits per heavy atom. The van der Waals surface area contributed by atoms with Crippen LogP contribution in [0.1, 0.15) is 31.1 Å². The first-order valence-electron chi connectivity index (χ1n) is 4.83. The van der Waals surface area contributed by atoms with Gasteiger partial charge in [0.1, 0.15) is 5.75 Å². The van der Waals surface area contributed by atoms with Crippen molar-refractivity contribution in [2.75, 3.05) is 0 Å². The molecule has 0 aliphatic heterocycles. The second-order valence-corrected chi connectivity index (χ2v) is 4.37. The number of halogens is 1. The molecular weight excluding hydrogens is 224 g/mol. The van der Waals surface area contributed by atoms with Gasteiger partial charge in [0, 0.05) is 5.56 Å². The van der Waals surface area contributed by atoms with Gasteiger partial charge in [-0.3, -0.25) is 4.79 Å². The molecule has 0 aromatic heterocycles. The molecular formula is C13H13ClO2. The van der Waals surface area contributed by atoms with Crippen molar-refractivity contribution in [1.29, 1.82) is 0 Å². The fourth-order valence-electron chi connectivity index (χ4n) is 1.11. The first-order valence-corrected chi connectivity index (χ1v) is 5.21. The summed E-state index contributed by atoms with van der Waals surface area (Å²) >= 11 is 5.99. The van der Waals surface area contributed by atoms with Crippen LogP contribution in [0.3, 0.4) is 0 Å². The molecule has 0 N–H and O–H groups in total. The number of hydrogen-bond acceptors (Lipinski definition) is 2. The molecule has 0 saturated carbocycles. The van der Waals surface area contributed by atoms with Crippen molar-refractivity contribution >= 4 is 17.4 Å². The van der Waals surface area contributed by atoms with E-state index in [-0.39, 0.29) is 5.78 Å². The zero-order valence-corrected chi connectivity index (χ0v) is 10.3. The third kappa shape index (κ3) is 3.01. The number of hydrogen-bond donors (Lipinski definition) is 0. The van der Waals surface area contributed by atoms with Crippen molar-refractivity contribution in [2.24, 2.45) is 0 Å². The third-order valence-electron chi connectivity index (χ3n) is 2.05. The van der Waals surface area contributed by atoms with Crippen LogP contribution >= 0.6 is 11.6 Å². The van der Waals surface area contributed by atoms with Crippen LogP contribution in [0.4, 0.5) is 0 Å². The molecule has 0 aliphatic carbocycles. The summed E-state index contributed by atoms with van der Waals surface area (Å²) < 4.78 is 5.54. The summed E-state index contributed by atoms with van der Waals surface area (Å²) in [6.07, 6.45) is 5.31. The monoisotopic (exact) mass is 236 g/mol. The van der Waals surface area contributed by atoms with E-state index in [1.54, 1.807) is 32.0 Å². The van der Waals surface area contributed by atoms with Gasteiger partial charge in [0.25, 0.3) is 0 Å². The summed E-state index contributed by atoms with van der Waals surface area (Å²) in [4.78, 5) is 11.1. The Labute approximate surface area is 101 Å². The Morgan fingerprint density at radius 3 is 2.56 bits per heavy atom. The lowest BCUT2D eigenvalue weighted by Gasteiger charge is -2.21. The minimum atomic E-state index is -0.721. The minimum Gasteiger partial charge on any atom is -0.474 e. The first-order chi connectivity index (χ1) is 7.35. The maximum absolute atomic E-state index is 11.1. The van der Waals surface area contributed by atoms with E-state index in [1.807, 2.05) is 0 Å². The molecule has 1 aromatic carbocycles. The normalized spacial score (nSPS) is 10.7. The van der Waals surface area contributed by atoms with Crippen molar-refractivity contribution in [2.45, 2.75) is 26.4 Å². The van der Waals surface area contributed by atoms with Crippen LogP contribution in [-0.2, 0) is 0 Å². The summed E-state index contributed by atoms with van der Waals surface area (Å²) in [5.74, 6) is 2.95. The highest BCUT2D eigenvalue weighted by atomic mass is 35.5. The van der Waals surface area contributed by atoms with Crippen LogP contribution < -0.4 is 4.74 Å². The maximum atomic E-state index is 11.1. The van der Waals surface area contributed by atoms with Gasteiger partial charge in [-0.25, -0.2) is 0 Å². The van der Waals surface area contributed by atoms with Gasteiger partial charge >= 0.3 is 0 Å². The summed E-state index contributed by atoms with van der Waals surface area (Å²) in [7, 11) is 0. The fraction of sp³-hybridized carbons (Fsp3) is 0.308. The van der Waals surface area contributed by atoms with E-state index in [1.165, 1.54) is 6.92 Å². The Balaban J connectivity index is 3.02. The Morgan fingerprint density at radius 2 is 2.12 bits per heavy atom. The first kappa shape index (κ1) is 12.6. The molecule has 1 rings (SSSR count). The average Bonchev–Trinajstić information content (AvgIpc) is 2.20. The molecule has 84 valence electrons. The van der Waals surface area contributed by atoms with Gasteiger partial charge in [0.2, 0.25) is 0 Å². The van der Waals surface area contributed by atoms with Crippen molar-refractivity contribution in [3.05, 3.63) is 28.8 Å². The van der Waals surface area contributed by atoms with E-state index in [9.17, 15) is 4.79 Å². The number of Topliss-reactive ketones (excluding diaryl/α,β-unsaturated/α-hetero) is 1. The molecule has 0 unspecified atom stereocenters. The molecule has 1 aromatic rings. The molecule has 0 heterocycles. The molecule has 0 amide bonds. The second-order valence-electron chi connectivity index (χ2n) is 3.96. The van der Waals surface area contributed by atoms with Crippen LogP contribution in [0.5, 0.6) is 5.75 Å². The lowest BCUT2D eigenvalue weighted by molar-refractivity contribution is 0.101. The Hall–Kier alpha value is -1.46. The van der Waals surface area contributed by atoms with Gasteiger partial charge in [-0.2, -0.15) is 0 Å². The highest BCUT2D eigenvalue weighted by molar-refractivity contribution is 6.32. The molecule has 0 atom stereocenters. The van der Waals surface area contributed by atoms with Gasteiger partial charge in [-0.1, -0.05) is 17.5 Å². The molecule has 2 nitrogen and oxygen atoms in total. The molecule has 0 bridgehead atoms. The second kappa shape index (κ2) is 4.59. The van der Waals surface area contributed by atoms with E-state index >= 15 is 0 Å². The summed E-state index contributed by atoms with van der Waals surface area (Å²) in [5.41, 5.74) is -0.169. The lowest BCUT2D eigenvalue weighted by Crippen LogP contribution is -2.25. The zero-order valence-electron chi connectivity index (χ0n) is 9.50. The number of ether oxygens (including phenoxy) is 1. The molecule has 16 heavy (non-hydrogen) atoms. The topological polar surface area (TPSA) is 26.3 Å². The van der Waals surface area contributed by atoms with Crippen LogP contribution in [0, 0.1) is 12.3 Å². The van der Waals surface area contributed by atoms with Gasteiger partial charge in [0.05, 0.1) is 5.02 Å². The quantitative estimate of drug-likeness (QED) is 0.594. The number of terminal acetylenes is 1. The van der Waals surface area contributed by atoms with E-state index in [0.717, 1.165) is 0 Å². The van der Waals surface area contributed by atoms with E-state index in [0.29, 0.717) is 16.3 Å². The summed E-state index contributed by atoms with van der Waals surface area (Å²) in [6.45, 7) is 5.02. The van der Waals surface area contributed by atoms with Gasteiger partial charge in [-0.15, -0.1) is 6.42 Å². The van der Waals surface area contributed by atoms with Crippen molar-refractivity contribution < 1.29 is 9.53 Å². The van der Waals surface area contributed by atoms with Crippen molar-refractivity contribution in [1.82, 2.24) is 0 Å². The molecule has 0 saturated heterocycles. The van der Waals surface area contributed by atoms with Crippen molar-refractivity contribution in [3.8, 4) is 18.1 Å². The predicted octanol–water partition coefficient (Wildman–Crippen LogP) is 3.33. The van der Waals surface area contributed by atoms with Crippen LogP contribution in [0.15, 0.2) is 18.2 Å². The van der Waals surface area contributed by atoms with Gasteiger partial charge in [-0.05, 0) is 39.0 Å². The SMILES string of the molecule is C#CC(C)(C)Oc1ccc(C(C)=O)cc1Cl. The van der Waals surface area contributed by atoms with E-state index < -0.39 is 5.60 Å². The Kier molecular flexibility index (Phi) is 3.62. The molecule has 0 radical (unpaired) electrons. The Bertz CT molecular complexity index is 455. The smallest absolute Gasteiger partial charge is 0.163 e. The lowest BCUT2D eigenvalue weighted by atomic mass is 10.1. The zero-order chi connectivity index (χ0) is 12.3. The third-order valence-corrected chi connectivity index (χ3v) is 2.35. The number of carbonyl (C=O) groups is 1.